The van der Waals surface area contributed by atoms with Crippen LogP contribution in [0.3, 0.4) is 0 Å². The number of hydrogen-bond acceptors (Lipinski definition) is 5. The zero-order valence-electron chi connectivity index (χ0n) is 15.5. The van der Waals surface area contributed by atoms with E-state index in [1.165, 1.54) is 11.8 Å². The highest BCUT2D eigenvalue weighted by molar-refractivity contribution is 8.00. The van der Waals surface area contributed by atoms with Crippen molar-refractivity contribution in [3.05, 3.63) is 53.9 Å². The third-order valence-corrected chi connectivity index (χ3v) is 5.18. The largest absolute Gasteiger partial charge is 0.455 e. The van der Waals surface area contributed by atoms with Gasteiger partial charge in [0.05, 0.1) is 22.8 Å². The van der Waals surface area contributed by atoms with E-state index < -0.39 is 5.97 Å². The molecule has 0 aliphatic heterocycles. The summed E-state index contributed by atoms with van der Waals surface area (Å²) in [6.45, 7) is 3.36. The lowest BCUT2D eigenvalue weighted by molar-refractivity contribution is -0.144. The minimum absolute atomic E-state index is 0.149. The van der Waals surface area contributed by atoms with Gasteiger partial charge in [-0.3, -0.25) is 14.3 Å². The summed E-state index contributed by atoms with van der Waals surface area (Å²) < 4.78 is 6.76. The molecule has 0 unspecified atom stereocenters. The van der Waals surface area contributed by atoms with Crippen LogP contribution >= 0.6 is 11.8 Å². The molecule has 3 aromatic rings. The van der Waals surface area contributed by atoms with E-state index in [9.17, 15) is 9.59 Å². The van der Waals surface area contributed by atoms with Crippen molar-refractivity contribution >= 4 is 40.1 Å². The van der Waals surface area contributed by atoms with Crippen LogP contribution < -0.4 is 5.32 Å². The van der Waals surface area contributed by atoms with Gasteiger partial charge in [-0.1, -0.05) is 30.3 Å². The van der Waals surface area contributed by atoms with Crippen LogP contribution in [0.2, 0.25) is 0 Å². The molecule has 0 fully saturated rings. The van der Waals surface area contributed by atoms with E-state index in [4.69, 9.17) is 4.74 Å². The molecule has 0 aliphatic carbocycles. The molecular formula is C20H21N3O3S. The van der Waals surface area contributed by atoms with E-state index >= 15 is 0 Å². The van der Waals surface area contributed by atoms with E-state index in [-0.39, 0.29) is 18.3 Å². The van der Waals surface area contributed by atoms with Crippen LogP contribution in [0.25, 0.3) is 10.8 Å². The lowest BCUT2D eigenvalue weighted by Crippen LogP contribution is -2.22. The van der Waals surface area contributed by atoms with Gasteiger partial charge >= 0.3 is 5.97 Å². The fraction of sp³-hybridized carbons (Fsp3) is 0.250. The normalized spacial score (nSPS) is 10.8. The van der Waals surface area contributed by atoms with Gasteiger partial charge in [0.1, 0.15) is 0 Å². The zero-order chi connectivity index (χ0) is 19.4. The number of esters is 1. The second kappa shape index (κ2) is 8.26. The number of hydrogen-bond donors (Lipinski definition) is 1. The molecule has 1 amide bonds. The van der Waals surface area contributed by atoms with Gasteiger partial charge < -0.3 is 10.1 Å². The van der Waals surface area contributed by atoms with Crippen molar-refractivity contribution in [3.63, 3.8) is 0 Å². The summed E-state index contributed by atoms with van der Waals surface area (Å²) in [4.78, 5) is 24.9. The SMILES string of the molecule is Cc1nn(C)c(C)c1NC(=O)COC(=O)CSc1ccc2ccccc2c1. The highest BCUT2D eigenvalue weighted by atomic mass is 32.2. The molecule has 27 heavy (non-hydrogen) atoms. The highest BCUT2D eigenvalue weighted by Crippen LogP contribution is 2.23. The Morgan fingerprint density at radius 2 is 1.89 bits per heavy atom. The molecule has 0 radical (unpaired) electrons. The van der Waals surface area contributed by atoms with Crippen LogP contribution in [-0.2, 0) is 21.4 Å². The number of carbonyl (C=O) groups excluding carboxylic acids is 2. The fourth-order valence-corrected chi connectivity index (χ4v) is 3.46. The number of aryl methyl sites for hydroxylation is 2. The van der Waals surface area contributed by atoms with Crippen molar-refractivity contribution in [2.24, 2.45) is 7.05 Å². The molecule has 0 saturated heterocycles. The van der Waals surface area contributed by atoms with E-state index in [1.807, 2.05) is 63.4 Å². The average Bonchev–Trinajstić information content (AvgIpc) is 2.90. The molecule has 140 valence electrons. The molecule has 3 rings (SSSR count). The first kappa shape index (κ1) is 19.0. The Morgan fingerprint density at radius 3 is 2.59 bits per heavy atom. The first-order valence-corrected chi connectivity index (χ1v) is 9.50. The van der Waals surface area contributed by atoms with Gasteiger partial charge in [0, 0.05) is 11.9 Å². The van der Waals surface area contributed by atoms with Crippen LogP contribution in [0.5, 0.6) is 0 Å². The van der Waals surface area contributed by atoms with Crippen LogP contribution in [-0.4, -0.2) is 34.0 Å². The number of benzene rings is 2. The predicted octanol–water partition coefficient (Wildman–Crippen LogP) is 3.46. The molecule has 1 N–H and O–H groups in total. The van der Waals surface area contributed by atoms with Crippen LogP contribution in [0.4, 0.5) is 5.69 Å². The van der Waals surface area contributed by atoms with Crippen LogP contribution in [0.1, 0.15) is 11.4 Å². The summed E-state index contributed by atoms with van der Waals surface area (Å²) in [5.74, 6) is -0.655. The number of aromatic nitrogens is 2. The summed E-state index contributed by atoms with van der Waals surface area (Å²) in [7, 11) is 1.81. The number of rotatable bonds is 6. The van der Waals surface area contributed by atoms with Gasteiger partial charge in [-0.15, -0.1) is 11.8 Å². The molecule has 7 heteroatoms. The number of anilines is 1. The molecule has 0 aliphatic rings. The molecule has 0 bridgehead atoms. The Kier molecular flexibility index (Phi) is 5.81. The van der Waals surface area contributed by atoms with E-state index in [0.717, 1.165) is 27.1 Å². The highest BCUT2D eigenvalue weighted by Gasteiger charge is 2.14. The molecule has 0 spiro atoms. The van der Waals surface area contributed by atoms with E-state index in [0.29, 0.717) is 5.69 Å². The topological polar surface area (TPSA) is 73.2 Å². The Morgan fingerprint density at radius 1 is 1.15 bits per heavy atom. The van der Waals surface area contributed by atoms with E-state index in [1.54, 1.807) is 4.68 Å². The molecule has 1 heterocycles. The number of nitrogens with one attached hydrogen (secondary N) is 1. The number of ether oxygens (including phenoxy) is 1. The Hall–Kier alpha value is -2.80. The number of nitrogens with zero attached hydrogens (tertiary/aromatic N) is 2. The smallest absolute Gasteiger partial charge is 0.316 e. The Labute approximate surface area is 161 Å². The average molecular weight is 383 g/mol. The van der Waals surface area contributed by atoms with Gasteiger partial charge in [-0.25, -0.2) is 0 Å². The van der Waals surface area contributed by atoms with Crippen molar-refractivity contribution in [3.8, 4) is 0 Å². The van der Waals surface area contributed by atoms with Crippen molar-refractivity contribution in [2.75, 3.05) is 17.7 Å². The first-order chi connectivity index (χ1) is 12.9. The van der Waals surface area contributed by atoms with Crippen LogP contribution in [0.15, 0.2) is 47.4 Å². The summed E-state index contributed by atoms with van der Waals surface area (Å²) in [5, 5.41) is 9.25. The minimum Gasteiger partial charge on any atom is -0.455 e. The predicted molar refractivity (Wildman–Crippen MR) is 107 cm³/mol. The fourth-order valence-electron chi connectivity index (χ4n) is 2.72. The molecule has 1 aromatic heterocycles. The first-order valence-electron chi connectivity index (χ1n) is 8.51. The van der Waals surface area contributed by atoms with Crippen molar-refractivity contribution in [2.45, 2.75) is 18.7 Å². The molecular weight excluding hydrogens is 362 g/mol. The molecule has 0 saturated carbocycles. The van der Waals surface area contributed by atoms with Gasteiger partial charge in [0.25, 0.3) is 5.91 Å². The second-order valence-corrected chi connectivity index (χ2v) is 7.22. The van der Waals surface area contributed by atoms with Crippen molar-refractivity contribution in [1.29, 1.82) is 0 Å². The summed E-state index contributed by atoms with van der Waals surface area (Å²) >= 11 is 1.39. The number of thioether (sulfide) groups is 1. The van der Waals surface area contributed by atoms with Gasteiger partial charge in [-0.2, -0.15) is 5.10 Å². The second-order valence-electron chi connectivity index (χ2n) is 6.18. The van der Waals surface area contributed by atoms with Gasteiger partial charge in [0.2, 0.25) is 0 Å². The zero-order valence-corrected chi connectivity index (χ0v) is 16.3. The van der Waals surface area contributed by atoms with Crippen molar-refractivity contribution < 1.29 is 14.3 Å². The lowest BCUT2D eigenvalue weighted by atomic mass is 10.1. The Bertz CT molecular complexity index is 997. The van der Waals surface area contributed by atoms with Gasteiger partial charge in [-0.05, 0) is 36.8 Å². The third kappa shape index (κ3) is 4.68. The maximum Gasteiger partial charge on any atom is 0.316 e. The quantitative estimate of drug-likeness (QED) is 0.521. The summed E-state index contributed by atoms with van der Waals surface area (Å²) in [5.41, 5.74) is 2.23. The Balaban J connectivity index is 1.48. The molecule has 0 atom stereocenters. The van der Waals surface area contributed by atoms with Crippen LogP contribution in [0, 0.1) is 13.8 Å². The van der Waals surface area contributed by atoms with E-state index in [2.05, 4.69) is 10.4 Å². The summed E-state index contributed by atoms with van der Waals surface area (Å²) in [6.07, 6.45) is 0. The molecule has 2 aromatic carbocycles. The third-order valence-electron chi connectivity index (χ3n) is 4.22. The minimum atomic E-state index is -0.428. The summed E-state index contributed by atoms with van der Waals surface area (Å²) in [6, 6.07) is 14.1. The maximum absolute atomic E-state index is 12.0. The molecule has 6 nitrogen and oxygen atoms in total. The number of fused-ring (bicyclic) bond motifs is 1. The maximum atomic E-state index is 12.0. The standard InChI is InChI=1S/C20H21N3O3S/c1-13-20(14(2)23(3)22-13)21-18(24)11-26-19(25)12-27-17-9-8-15-6-4-5-7-16(15)10-17/h4-10H,11-12H2,1-3H3,(H,21,24). The number of amides is 1. The van der Waals surface area contributed by atoms with Crippen molar-refractivity contribution in [1.82, 2.24) is 9.78 Å². The van der Waals surface area contributed by atoms with Gasteiger partial charge in [0.15, 0.2) is 6.61 Å². The monoisotopic (exact) mass is 383 g/mol. The lowest BCUT2D eigenvalue weighted by Gasteiger charge is -2.07. The number of carbonyl (C=O) groups is 2.